The van der Waals surface area contributed by atoms with Crippen molar-refractivity contribution in [2.45, 2.75) is 78.9 Å². The van der Waals surface area contributed by atoms with Gasteiger partial charge in [-0.1, -0.05) is 19.0 Å². The lowest BCUT2D eigenvalue weighted by Crippen LogP contribution is -2.38. The van der Waals surface area contributed by atoms with Gasteiger partial charge in [0.15, 0.2) is 5.96 Å². The summed E-state index contributed by atoms with van der Waals surface area (Å²) in [5.74, 6) is 2.59. The SMILES string of the molecule is CCNC(=NCc1c(CC)noc1CC)NCCCn1nc2n(c1=O)CCCC2.I. The number of nitrogens with zero attached hydrogens (tertiary/aromatic N) is 5. The Morgan fingerprint density at radius 2 is 2.03 bits per heavy atom. The predicted molar refractivity (Wildman–Crippen MR) is 128 cm³/mol. The third kappa shape index (κ3) is 5.86. The van der Waals surface area contributed by atoms with Crippen molar-refractivity contribution < 1.29 is 4.52 Å². The van der Waals surface area contributed by atoms with Crippen LogP contribution in [-0.2, 0) is 38.9 Å². The normalized spacial score (nSPS) is 13.6. The molecule has 0 atom stereocenters. The molecule has 0 saturated heterocycles. The van der Waals surface area contributed by atoms with Crippen LogP contribution in [-0.4, -0.2) is 38.6 Å². The number of hydrogen-bond acceptors (Lipinski definition) is 5. The number of halogens is 1. The molecule has 2 N–H and O–H groups in total. The summed E-state index contributed by atoms with van der Waals surface area (Å²) in [6.07, 6.45) is 5.53. The second-order valence-electron chi connectivity index (χ2n) is 7.24. The maximum absolute atomic E-state index is 12.4. The number of nitrogens with one attached hydrogen (secondary N) is 2. The zero-order valence-electron chi connectivity index (χ0n) is 18.2. The molecule has 1 aliphatic rings. The Bertz CT molecular complexity index is 863. The molecule has 0 aromatic carbocycles. The molecule has 168 valence electrons. The minimum absolute atomic E-state index is 0. The zero-order valence-corrected chi connectivity index (χ0v) is 20.6. The highest BCUT2D eigenvalue weighted by atomic mass is 127. The number of hydrogen-bond donors (Lipinski definition) is 2. The molecule has 0 bridgehead atoms. The minimum Gasteiger partial charge on any atom is -0.361 e. The lowest BCUT2D eigenvalue weighted by Gasteiger charge is -2.11. The third-order valence-electron chi connectivity index (χ3n) is 5.22. The first-order valence-corrected chi connectivity index (χ1v) is 10.8. The molecular formula is C20H34IN7O2. The van der Waals surface area contributed by atoms with Gasteiger partial charge in [0.05, 0.1) is 12.2 Å². The molecule has 10 heteroatoms. The minimum atomic E-state index is 0. The number of fused-ring (bicyclic) bond motifs is 1. The van der Waals surface area contributed by atoms with E-state index in [1.807, 2.05) is 11.5 Å². The molecule has 0 radical (unpaired) electrons. The fourth-order valence-electron chi connectivity index (χ4n) is 3.65. The van der Waals surface area contributed by atoms with Gasteiger partial charge in [-0.2, -0.15) is 5.10 Å². The van der Waals surface area contributed by atoms with Gasteiger partial charge in [-0.15, -0.1) is 24.0 Å². The van der Waals surface area contributed by atoms with Crippen LogP contribution in [0, 0.1) is 0 Å². The summed E-state index contributed by atoms with van der Waals surface area (Å²) in [7, 11) is 0. The molecular weight excluding hydrogens is 497 g/mol. The van der Waals surface area contributed by atoms with Crippen LogP contribution in [0.15, 0.2) is 14.3 Å². The topological polar surface area (TPSA) is 102 Å². The van der Waals surface area contributed by atoms with Crippen molar-refractivity contribution in [3.8, 4) is 0 Å². The maximum Gasteiger partial charge on any atom is 0.345 e. The Morgan fingerprint density at radius 1 is 1.20 bits per heavy atom. The van der Waals surface area contributed by atoms with Crippen molar-refractivity contribution in [3.63, 3.8) is 0 Å². The highest BCUT2D eigenvalue weighted by Gasteiger charge is 2.16. The van der Waals surface area contributed by atoms with E-state index >= 15 is 0 Å². The Labute approximate surface area is 194 Å². The Hall–Kier alpha value is -1.85. The van der Waals surface area contributed by atoms with Gasteiger partial charge in [0.25, 0.3) is 0 Å². The van der Waals surface area contributed by atoms with Crippen molar-refractivity contribution in [1.82, 2.24) is 30.1 Å². The average Bonchev–Trinajstić information content (AvgIpc) is 3.29. The monoisotopic (exact) mass is 531 g/mol. The van der Waals surface area contributed by atoms with E-state index in [0.717, 1.165) is 80.4 Å². The standard InChI is InChI=1S/C20H33N7O2.HI/c1-4-16-15(17(5-2)29-25-16)14-23-19(21-6-3)22-11-9-13-27-20(28)26-12-8-7-10-18(26)24-27;/h4-14H2,1-3H3,(H2,21,22,23);1H. The molecule has 3 rings (SSSR count). The van der Waals surface area contributed by atoms with E-state index in [2.05, 4.69) is 34.7 Å². The third-order valence-corrected chi connectivity index (χ3v) is 5.22. The number of rotatable bonds is 9. The van der Waals surface area contributed by atoms with Gasteiger partial charge in [-0.25, -0.2) is 14.5 Å². The second kappa shape index (κ2) is 12.1. The van der Waals surface area contributed by atoms with Crippen molar-refractivity contribution in [3.05, 3.63) is 33.3 Å². The van der Waals surface area contributed by atoms with Gasteiger partial charge in [-0.3, -0.25) is 4.57 Å². The zero-order chi connectivity index (χ0) is 20.6. The second-order valence-corrected chi connectivity index (χ2v) is 7.24. The van der Waals surface area contributed by atoms with Gasteiger partial charge in [0.1, 0.15) is 11.6 Å². The van der Waals surface area contributed by atoms with Gasteiger partial charge >= 0.3 is 5.69 Å². The predicted octanol–water partition coefficient (Wildman–Crippen LogP) is 2.26. The molecule has 0 fully saturated rings. The van der Waals surface area contributed by atoms with Crippen LogP contribution in [0.25, 0.3) is 0 Å². The molecule has 0 saturated carbocycles. The summed E-state index contributed by atoms with van der Waals surface area (Å²) >= 11 is 0. The van der Waals surface area contributed by atoms with Crippen molar-refractivity contribution in [1.29, 1.82) is 0 Å². The van der Waals surface area contributed by atoms with E-state index in [0.29, 0.717) is 19.6 Å². The number of guanidine groups is 1. The van der Waals surface area contributed by atoms with Crippen LogP contribution in [0.5, 0.6) is 0 Å². The quantitative estimate of drug-likeness (QED) is 0.223. The smallest absolute Gasteiger partial charge is 0.345 e. The average molecular weight is 531 g/mol. The summed E-state index contributed by atoms with van der Waals surface area (Å²) < 4.78 is 8.84. The fourth-order valence-corrected chi connectivity index (χ4v) is 3.65. The van der Waals surface area contributed by atoms with E-state index in [-0.39, 0.29) is 29.7 Å². The van der Waals surface area contributed by atoms with Crippen LogP contribution in [0.1, 0.15) is 62.9 Å². The lowest BCUT2D eigenvalue weighted by atomic mass is 10.1. The lowest BCUT2D eigenvalue weighted by molar-refractivity contribution is 0.380. The molecule has 3 heterocycles. The van der Waals surface area contributed by atoms with Crippen LogP contribution in [0.2, 0.25) is 0 Å². The van der Waals surface area contributed by atoms with Crippen molar-refractivity contribution >= 4 is 29.9 Å². The fraction of sp³-hybridized carbons (Fsp3) is 0.700. The van der Waals surface area contributed by atoms with Crippen molar-refractivity contribution in [2.24, 2.45) is 4.99 Å². The molecule has 0 aliphatic carbocycles. The number of aliphatic imine (C=N–C) groups is 1. The molecule has 9 nitrogen and oxygen atoms in total. The van der Waals surface area contributed by atoms with Gasteiger partial charge in [0, 0.05) is 44.6 Å². The molecule has 1 aliphatic heterocycles. The summed E-state index contributed by atoms with van der Waals surface area (Å²) in [6.45, 7) is 9.62. The van der Waals surface area contributed by atoms with Crippen LogP contribution < -0.4 is 16.3 Å². The van der Waals surface area contributed by atoms with E-state index in [9.17, 15) is 4.79 Å². The van der Waals surface area contributed by atoms with Gasteiger partial charge < -0.3 is 15.2 Å². The maximum atomic E-state index is 12.4. The first-order valence-electron chi connectivity index (χ1n) is 10.8. The van der Waals surface area contributed by atoms with E-state index in [1.165, 1.54) is 0 Å². The Morgan fingerprint density at radius 3 is 2.73 bits per heavy atom. The summed E-state index contributed by atoms with van der Waals surface area (Å²) in [6, 6.07) is 0. The van der Waals surface area contributed by atoms with E-state index < -0.39 is 0 Å². The molecule has 0 spiro atoms. The summed E-state index contributed by atoms with van der Waals surface area (Å²) in [5, 5.41) is 15.3. The van der Waals surface area contributed by atoms with Gasteiger partial charge in [-0.05, 0) is 32.6 Å². The largest absolute Gasteiger partial charge is 0.361 e. The first-order chi connectivity index (χ1) is 14.2. The Kier molecular flexibility index (Phi) is 9.86. The Balaban J connectivity index is 0.00000320. The van der Waals surface area contributed by atoms with Crippen molar-refractivity contribution in [2.75, 3.05) is 13.1 Å². The summed E-state index contributed by atoms with van der Waals surface area (Å²) in [5.41, 5.74) is 2.08. The van der Waals surface area contributed by atoms with E-state index in [1.54, 1.807) is 4.68 Å². The van der Waals surface area contributed by atoms with Crippen LogP contribution in [0.3, 0.4) is 0 Å². The molecule has 0 amide bonds. The molecule has 2 aromatic heterocycles. The molecule has 0 unspecified atom stereocenters. The molecule has 2 aromatic rings. The van der Waals surface area contributed by atoms with Crippen LogP contribution in [0.4, 0.5) is 0 Å². The highest BCUT2D eigenvalue weighted by Crippen LogP contribution is 2.16. The molecule has 30 heavy (non-hydrogen) atoms. The summed E-state index contributed by atoms with van der Waals surface area (Å²) in [4.78, 5) is 17.1. The highest BCUT2D eigenvalue weighted by molar-refractivity contribution is 14.0. The van der Waals surface area contributed by atoms with Gasteiger partial charge in [0.2, 0.25) is 0 Å². The first kappa shape index (κ1) is 24.4. The van der Waals surface area contributed by atoms with Crippen LogP contribution >= 0.6 is 24.0 Å². The number of aromatic nitrogens is 4. The van der Waals surface area contributed by atoms with E-state index in [4.69, 9.17) is 9.52 Å². The number of aryl methyl sites for hydroxylation is 4.